The Morgan fingerprint density at radius 3 is 2.30 bits per heavy atom. The van der Waals surface area contributed by atoms with E-state index in [1.54, 1.807) is 36.4 Å². The van der Waals surface area contributed by atoms with Gasteiger partial charge in [0, 0.05) is 27.4 Å². The topological polar surface area (TPSA) is 57.7 Å². The lowest BCUT2D eigenvalue weighted by Gasteiger charge is -2.32. The molecule has 2 amide bonds. The van der Waals surface area contributed by atoms with Crippen LogP contribution >= 0.6 is 23.2 Å². The molecule has 2 aliphatic heterocycles. The Labute approximate surface area is 200 Å². The normalized spacial score (nSPS) is 21.9. The summed E-state index contributed by atoms with van der Waals surface area (Å²) in [4.78, 5) is 27.4. The van der Waals surface area contributed by atoms with Crippen LogP contribution in [-0.2, 0) is 31.8 Å². The Morgan fingerprint density at radius 2 is 1.61 bits per heavy atom. The second-order valence-electron chi connectivity index (χ2n) is 7.64. The van der Waals surface area contributed by atoms with Gasteiger partial charge in [-0.1, -0.05) is 35.3 Å². The number of nitrogens with zero attached hydrogens (tertiary/aromatic N) is 2. The summed E-state index contributed by atoms with van der Waals surface area (Å²) in [5, 5.41) is 0.804. The van der Waals surface area contributed by atoms with Crippen LogP contribution in [0.15, 0.2) is 60.7 Å². The highest BCUT2D eigenvalue weighted by Crippen LogP contribution is 2.52. The van der Waals surface area contributed by atoms with E-state index in [9.17, 15) is 22.6 Å². The summed E-state index contributed by atoms with van der Waals surface area (Å²) in [6.45, 7) is 0.114. The molecule has 33 heavy (non-hydrogen) atoms. The zero-order chi connectivity index (χ0) is 23.5. The second-order valence-corrected chi connectivity index (χ2v) is 10.1. The van der Waals surface area contributed by atoms with Crippen molar-refractivity contribution in [1.29, 1.82) is 0 Å². The van der Waals surface area contributed by atoms with Crippen molar-refractivity contribution in [2.24, 2.45) is 0 Å². The molecule has 5 rings (SSSR count). The minimum absolute atomic E-state index is 0.0719. The molecule has 10 heteroatoms. The van der Waals surface area contributed by atoms with Crippen LogP contribution in [0.5, 0.6) is 0 Å². The third-order valence-corrected chi connectivity index (χ3v) is 7.95. The first kappa shape index (κ1) is 22.0. The van der Waals surface area contributed by atoms with Gasteiger partial charge in [-0.3, -0.25) is 18.7 Å². The van der Waals surface area contributed by atoms with Crippen molar-refractivity contribution < 1.29 is 22.6 Å². The van der Waals surface area contributed by atoms with Gasteiger partial charge in [0.2, 0.25) is 10.8 Å². The maximum Gasteiger partial charge on any atom is 0.271 e. The predicted octanol–water partition coefficient (Wildman–Crippen LogP) is 4.77. The van der Waals surface area contributed by atoms with E-state index in [4.69, 9.17) is 23.2 Å². The van der Waals surface area contributed by atoms with Crippen molar-refractivity contribution in [1.82, 2.24) is 0 Å². The van der Waals surface area contributed by atoms with E-state index < -0.39 is 44.9 Å². The standard InChI is InChI=1S/C23H14Cl2F2N2O3S/c24-14-3-1-13(2-4-14)11-28-20-8-5-15(25)9-17(20)23(22(28)31)29(21(30)12-33(23)32)16-6-7-18(26)19(27)10-16/h1-10H,11-12H2. The highest BCUT2D eigenvalue weighted by atomic mass is 35.5. The van der Waals surface area contributed by atoms with Crippen molar-refractivity contribution in [3.63, 3.8) is 0 Å². The number of amides is 2. The summed E-state index contributed by atoms with van der Waals surface area (Å²) < 4.78 is 41.1. The molecule has 0 radical (unpaired) electrons. The van der Waals surface area contributed by atoms with E-state index in [1.165, 1.54) is 17.0 Å². The molecule has 3 aromatic rings. The zero-order valence-electron chi connectivity index (χ0n) is 16.7. The first-order valence-electron chi connectivity index (χ1n) is 9.76. The molecule has 168 valence electrons. The third-order valence-electron chi connectivity index (χ3n) is 5.71. The summed E-state index contributed by atoms with van der Waals surface area (Å²) >= 11 is 12.2. The summed E-state index contributed by atoms with van der Waals surface area (Å²) in [6, 6.07) is 14.4. The monoisotopic (exact) mass is 506 g/mol. The fourth-order valence-electron chi connectivity index (χ4n) is 4.30. The molecule has 3 aromatic carbocycles. The Hall–Kier alpha value is -2.81. The second kappa shape index (κ2) is 7.90. The maximum absolute atomic E-state index is 14.1. The zero-order valence-corrected chi connectivity index (χ0v) is 19.1. The summed E-state index contributed by atoms with van der Waals surface area (Å²) in [5.41, 5.74) is 1.37. The number of rotatable bonds is 3. The molecule has 0 N–H and O–H groups in total. The van der Waals surface area contributed by atoms with Gasteiger partial charge in [0.05, 0.1) is 23.0 Å². The Balaban J connectivity index is 1.71. The van der Waals surface area contributed by atoms with Gasteiger partial charge in [0.15, 0.2) is 11.6 Å². The van der Waals surface area contributed by atoms with E-state index in [-0.39, 0.29) is 22.8 Å². The van der Waals surface area contributed by atoms with E-state index in [2.05, 4.69) is 0 Å². The lowest BCUT2D eigenvalue weighted by atomic mass is 10.0. The Bertz CT molecular complexity index is 1350. The van der Waals surface area contributed by atoms with Crippen LogP contribution in [0.1, 0.15) is 11.1 Å². The quantitative estimate of drug-likeness (QED) is 0.514. The Kier molecular flexibility index (Phi) is 5.27. The van der Waals surface area contributed by atoms with Crippen LogP contribution in [0.25, 0.3) is 0 Å². The van der Waals surface area contributed by atoms with Crippen molar-refractivity contribution >= 4 is 57.2 Å². The molecule has 0 aromatic heterocycles. The molecule has 1 saturated heterocycles. The molecule has 2 atom stereocenters. The highest BCUT2D eigenvalue weighted by Gasteiger charge is 2.65. The highest BCUT2D eigenvalue weighted by molar-refractivity contribution is 7.88. The Morgan fingerprint density at radius 1 is 0.909 bits per heavy atom. The van der Waals surface area contributed by atoms with Gasteiger partial charge in [0.25, 0.3) is 5.91 Å². The smallest absolute Gasteiger partial charge is 0.271 e. The molecule has 2 unspecified atom stereocenters. The van der Waals surface area contributed by atoms with Gasteiger partial charge < -0.3 is 4.90 Å². The number of hydrogen-bond donors (Lipinski definition) is 0. The van der Waals surface area contributed by atoms with Crippen LogP contribution in [0.4, 0.5) is 20.2 Å². The lowest BCUT2D eigenvalue weighted by Crippen LogP contribution is -2.52. The number of hydrogen-bond acceptors (Lipinski definition) is 3. The van der Waals surface area contributed by atoms with E-state index in [0.717, 1.165) is 22.6 Å². The molecule has 2 aliphatic rings. The van der Waals surface area contributed by atoms with E-state index in [0.29, 0.717) is 10.7 Å². The van der Waals surface area contributed by atoms with Gasteiger partial charge >= 0.3 is 0 Å². The van der Waals surface area contributed by atoms with Gasteiger partial charge in [-0.25, -0.2) is 8.78 Å². The van der Waals surface area contributed by atoms with Crippen LogP contribution in [-0.4, -0.2) is 21.8 Å². The average Bonchev–Trinajstić information content (AvgIpc) is 3.17. The van der Waals surface area contributed by atoms with Gasteiger partial charge in [0.1, 0.15) is 5.75 Å². The van der Waals surface area contributed by atoms with Crippen LogP contribution in [0, 0.1) is 11.6 Å². The van der Waals surface area contributed by atoms with Crippen molar-refractivity contribution in [2.45, 2.75) is 11.4 Å². The van der Waals surface area contributed by atoms with Gasteiger partial charge in [-0.15, -0.1) is 0 Å². The molecular formula is C23H14Cl2F2N2O3S. The number of carbonyl (C=O) groups is 2. The molecule has 1 spiro atoms. The largest absolute Gasteiger partial charge is 0.304 e. The first-order valence-corrected chi connectivity index (χ1v) is 11.8. The minimum atomic E-state index is -2.02. The van der Waals surface area contributed by atoms with Crippen LogP contribution in [0.2, 0.25) is 10.0 Å². The van der Waals surface area contributed by atoms with Crippen LogP contribution < -0.4 is 9.80 Å². The number of anilines is 2. The van der Waals surface area contributed by atoms with Gasteiger partial charge in [-0.05, 0) is 48.0 Å². The first-order chi connectivity index (χ1) is 15.7. The van der Waals surface area contributed by atoms with E-state index in [1.807, 2.05) is 0 Å². The SMILES string of the molecule is O=C1CS(=O)C2(C(=O)N(Cc3ccc(Cl)cc3)c3ccc(Cl)cc32)N1c1ccc(F)c(F)c1. The molecule has 5 nitrogen and oxygen atoms in total. The number of fused-ring (bicyclic) bond motifs is 2. The summed E-state index contributed by atoms with van der Waals surface area (Å²) in [6.07, 6.45) is 0. The minimum Gasteiger partial charge on any atom is -0.304 e. The number of carbonyl (C=O) groups excluding carboxylic acids is 2. The molecule has 2 heterocycles. The third kappa shape index (κ3) is 3.27. The summed E-state index contributed by atoms with van der Waals surface area (Å²) in [5.74, 6) is -4.02. The lowest BCUT2D eigenvalue weighted by molar-refractivity contribution is -0.123. The molecule has 0 saturated carbocycles. The average molecular weight is 507 g/mol. The molecule has 0 bridgehead atoms. The predicted molar refractivity (Wildman–Crippen MR) is 123 cm³/mol. The summed E-state index contributed by atoms with van der Waals surface area (Å²) in [7, 11) is -2.02. The van der Waals surface area contributed by atoms with E-state index >= 15 is 0 Å². The van der Waals surface area contributed by atoms with Gasteiger partial charge in [-0.2, -0.15) is 0 Å². The van der Waals surface area contributed by atoms with Crippen molar-refractivity contribution in [2.75, 3.05) is 15.6 Å². The van der Waals surface area contributed by atoms with Crippen LogP contribution in [0.3, 0.4) is 0 Å². The number of halogens is 4. The molecule has 1 fully saturated rings. The van der Waals surface area contributed by atoms with Crippen molar-refractivity contribution in [3.05, 3.63) is 93.5 Å². The maximum atomic E-state index is 14.1. The fourth-order valence-corrected chi connectivity index (χ4v) is 6.28. The number of benzene rings is 3. The van der Waals surface area contributed by atoms with Crippen molar-refractivity contribution in [3.8, 4) is 0 Å². The molecular weight excluding hydrogens is 493 g/mol. The fraction of sp³-hybridized carbons (Fsp3) is 0.130. The molecule has 0 aliphatic carbocycles.